The molecular formula is C16H16ClN3O3. The molecule has 1 aliphatic rings. The molecule has 1 aromatic carbocycles. The molecular weight excluding hydrogens is 318 g/mol. The Morgan fingerprint density at radius 3 is 2.87 bits per heavy atom. The normalized spacial score (nSPS) is 17.1. The van der Waals surface area contributed by atoms with Crippen LogP contribution in [0.25, 0.3) is 0 Å². The highest BCUT2D eigenvalue weighted by Crippen LogP contribution is 2.23. The summed E-state index contributed by atoms with van der Waals surface area (Å²) in [6.07, 6.45) is 0.947. The Labute approximate surface area is 139 Å². The van der Waals surface area contributed by atoms with E-state index in [0.717, 1.165) is 24.5 Å². The summed E-state index contributed by atoms with van der Waals surface area (Å²) >= 11 is 5.96. The SMILES string of the molecule is COC(=O)c1ccc(N2CCC(Oc3cccc(Cl)c3)C2)nn1. The molecule has 1 aromatic heterocycles. The zero-order chi connectivity index (χ0) is 16.2. The summed E-state index contributed by atoms with van der Waals surface area (Å²) in [6, 6.07) is 10.7. The van der Waals surface area contributed by atoms with Gasteiger partial charge in [0.2, 0.25) is 0 Å². The third-order valence-electron chi connectivity index (χ3n) is 3.61. The molecule has 0 aliphatic carbocycles. The lowest BCUT2D eigenvalue weighted by Gasteiger charge is -2.17. The molecule has 1 unspecified atom stereocenters. The first kappa shape index (κ1) is 15.6. The van der Waals surface area contributed by atoms with Gasteiger partial charge in [0.25, 0.3) is 0 Å². The Morgan fingerprint density at radius 1 is 1.30 bits per heavy atom. The van der Waals surface area contributed by atoms with E-state index in [1.807, 2.05) is 18.2 Å². The number of benzene rings is 1. The Balaban J connectivity index is 1.62. The molecule has 6 nitrogen and oxygen atoms in total. The molecule has 0 bridgehead atoms. The number of esters is 1. The maximum atomic E-state index is 11.4. The lowest BCUT2D eigenvalue weighted by molar-refractivity contribution is 0.0592. The smallest absolute Gasteiger partial charge is 0.358 e. The van der Waals surface area contributed by atoms with E-state index in [1.165, 1.54) is 7.11 Å². The van der Waals surface area contributed by atoms with Crippen molar-refractivity contribution in [3.63, 3.8) is 0 Å². The maximum Gasteiger partial charge on any atom is 0.358 e. The van der Waals surface area contributed by atoms with Crippen LogP contribution in [0.3, 0.4) is 0 Å². The minimum absolute atomic E-state index is 0.0653. The summed E-state index contributed by atoms with van der Waals surface area (Å²) in [6.45, 7) is 1.52. The van der Waals surface area contributed by atoms with Crippen LogP contribution >= 0.6 is 11.6 Å². The highest BCUT2D eigenvalue weighted by atomic mass is 35.5. The predicted molar refractivity (Wildman–Crippen MR) is 86.1 cm³/mol. The molecule has 0 N–H and O–H groups in total. The lowest BCUT2D eigenvalue weighted by Crippen LogP contribution is -2.25. The fourth-order valence-corrected chi connectivity index (χ4v) is 2.65. The van der Waals surface area contributed by atoms with Gasteiger partial charge in [0, 0.05) is 18.0 Å². The molecule has 7 heteroatoms. The van der Waals surface area contributed by atoms with Crippen molar-refractivity contribution in [2.75, 3.05) is 25.1 Å². The summed E-state index contributed by atoms with van der Waals surface area (Å²) in [7, 11) is 1.32. The Kier molecular flexibility index (Phi) is 4.62. The van der Waals surface area contributed by atoms with Crippen LogP contribution in [0, 0.1) is 0 Å². The van der Waals surface area contributed by atoms with Crippen LogP contribution in [-0.2, 0) is 4.74 Å². The Bertz CT molecular complexity index is 693. The van der Waals surface area contributed by atoms with Crippen molar-refractivity contribution in [1.82, 2.24) is 10.2 Å². The third-order valence-corrected chi connectivity index (χ3v) is 3.85. The summed E-state index contributed by atoms with van der Waals surface area (Å²) < 4.78 is 10.5. The van der Waals surface area contributed by atoms with E-state index in [-0.39, 0.29) is 11.8 Å². The van der Waals surface area contributed by atoms with Gasteiger partial charge in [0.15, 0.2) is 11.5 Å². The van der Waals surface area contributed by atoms with E-state index in [1.54, 1.807) is 18.2 Å². The van der Waals surface area contributed by atoms with Crippen molar-refractivity contribution in [3.8, 4) is 5.75 Å². The molecule has 0 spiro atoms. The van der Waals surface area contributed by atoms with Gasteiger partial charge >= 0.3 is 5.97 Å². The largest absolute Gasteiger partial charge is 0.488 e. The van der Waals surface area contributed by atoms with Gasteiger partial charge in [0.05, 0.1) is 13.7 Å². The first-order valence-corrected chi connectivity index (χ1v) is 7.63. The van der Waals surface area contributed by atoms with Gasteiger partial charge in [-0.25, -0.2) is 4.79 Å². The zero-order valence-electron chi connectivity index (χ0n) is 12.6. The second-order valence-electron chi connectivity index (χ2n) is 5.20. The van der Waals surface area contributed by atoms with Crippen LogP contribution in [0.5, 0.6) is 5.75 Å². The predicted octanol–water partition coefficient (Wildman–Crippen LogP) is 2.57. The Morgan fingerprint density at radius 2 is 2.17 bits per heavy atom. The number of rotatable bonds is 4. The average Bonchev–Trinajstić information content (AvgIpc) is 3.03. The van der Waals surface area contributed by atoms with Gasteiger partial charge in [-0.2, -0.15) is 0 Å². The molecule has 0 amide bonds. The molecule has 120 valence electrons. The van der Waals surface area contributed by atoms with E-state index in [0.29, 0.717) is 11.6 Å². The van der Waals surface area contributed by atoms with Gasteiger partial charge in [-0.1, -0.05) is 17.7 Å². The number of methoxy groups -OCH3 is 1. The molecule has 0 saturated carbocycles. The molecule has 1 fully saturated rings. The van der Waals surface area contributed by atoms with Crippen molar-refractivity contribution in [2.45, 2.75) is 12.5 Å². The molecule has 1 atom stereocenters. The van der Waals surface area contributed by atoms with Gasteiger partial charge in [-0.15, -0.1) is 10.2 Å². The summed E-state index contributed by atoms with van der Waals surface area (Å²) in [5.74, 6) is 0.985. The number of ether oxygens (including phenoxy) is 2. The van der Waals surface area contributed by atoms with Gasteiger partial charge in [-0.05, 0) is 30.3 Å². The minimum Gasteiger partial charge on any atom is -0.488 e. The van der Waals surface area contributed by atoms with Crippen LogP contribution in [-0.4, -0.2) is 42.5 Å². The molecule has 0 radical (unpaired) electrons. The number of nitrogens with zero attached hydrogens (tertiary/aromatic N) is 3. The molecule has 2 heterocycles. The van der Waals surface area contributed by atoms with E-state index in [4.69, 9.17) is 16.3 Å². The first-order valence-electron chi connectivity index (χ1n) is 7.25. The lowest BCUT2D eigenvalue weighted by atomic mass is 10.3. The van der Waals surface area contributed by atoms with Crippen LogP contribution in [0.2, 0.25) is 5.02 Å². The monoisotopic (exact) mass is 333 g/mol. The van der Waals surface area contributed by atoms with E-state index in [2.05, 4.69) is 19.8 Å². The van der Waals surface area contributed by atoms with Crippen LogP contribution in [0.1, 0.15) is 16.9 Å². The zero-order valence-corrected chi connectivity index (χ0v) is 13.4. The van der Waals surface area contributed by atoms with E-state index >= 15 is 0 Å². The van der Waals surface area contributed by atoms with Gasteiger partial charge in [0.1, 0.15) is 11.9 Å². The van der Waals surface area contributed by atoms with Crippen molar-refractivity contribution in [2.24, 2.45) is 0 Å². The summed E-state index contributed by atoms with van der Waals surface area (Å²) in [4.78, 5) is 13.4. The number of carbonyl (C=O) groups is 1. The number of carbonyl (C=O) groups excluding carboxylic acids is 1. The topological polar surface area (TPSA) is 64.5 Å². The van der Waals surface area contributed by atoms with Crippen LogP contribution in [0.15, 0.2) is 36.4 Å². The number of hydrogen-bond acceptors (Lipinski definition) is 6. The van der Waals surface area contributed by atoms with Crippen molar-refractivity contribution >= 4 is 23.4 Å². The molecule has 1 aliphatic heterocycles. The third kappa shape index (κ3) is 3.71. The highest BCUT2D eigenvalue weighted by Gasteiger charge is 2.25. The quantitative estimate of drug-likeness (QED) is 0.801. The number of anilines is 1. The molecule has 23 heavy (non-hydrogen) atoms. The van der Waals surface area contributed by atoms with Crippen molar-refractivity contribution in [1.29, 1.82) is 0 Å². The van der Waals surface area contributed by atoms with Gasteiger partial charge < -0.3 is 14.4 Å². The van der Waals surface area contributed by atoms with Gasteiger partial charge in [-0.3, -0.25) is 0 Å². The molecule has 1 saturated heterocycles. The fraction of sp³-hybridized carbons (Fsp3) is 0.312. The number of hydrogen-bond donors (Lipinski definition) is 0. The number of halogens is 1. The second kappa shape index (κ2) is 6.83. The number of aromatic nitrogens is 2. The van der Waals surface area contributed by atoms with Crippen LogP contribution in [0.4, 0.5) is 5.82 Å². The summed E-state index contributed by atoms with van der Waals surface area (Å²) in [5, 5.41) is 8.63. The average molecular weight is 334 g/mol. The van der Waals surface area contributed by atoms with E-state index in [9.17, 15) is 4.79 Å². The highest BCUT2D eigenvalue weighted by molar-refractivity contribution is 6.30. The molecule has 3 rings (SSSR count). The van der Waals surface area contributed by atoms with Crippen LogP contribution < -0.4 is 9.64 Å². The fourth-order valence-electron chi connectivity index (χ4n) is 2.47. The summed E-state index contributed by atoms with van der Waals surface area (Å²) in [5.41, 5.74) is 0.196. The second-order valence-corrected chi connectivity index (χ2v) is 5.64. The first-order chi connectivity index (χ1) is 11.2. The Hall–Kier alpha value is -2.34. The molecule has 2 aromatic rings. The maximum absolute atomic E-state index is 11.4. The van der Waals surface area contributed by atoms with E-state index < -0.39 is 5.97 Å². The minimum atomic E-state index is -0.493. The standard InChI is InChI=1S/C16H16ClN3O3/c1-22-16(21)14-5-6-15(19-18-14)20-8-7-13(10-20)23-12-4-2-3-11(17)9-12/h2-6,9,13H,7-8,10H2,1H3. The van der Waals surface area contributed by atoms with Crippen molar-refractivity contribution in [3.05, 3.63) is 47.1 Å². The van der Waals surface area contributed by atoms with Crippen molar-refractivity contribution < 1.29 is 14.3 Å².